The molecule has 0 saturated carbocycles. The maximum Gasteiger partial charge on any atom is 0.276 e. The smallest absolute Gasteiger partial charge is 0.276 e. The average molecular weight is 321 g/mol. The number of nitrogens with zero attached hydrogens (tertiary/aromatic N) is 1. The summed E-state index contributed by atoms with van der Waals surface area (Å²) in [6.45, 7) is 3.99. The number of anilines is 2. The van der Waals surface area contributed by atoms with Crippen LogP contribution in [0.2, 0.25) is 0 Å². The molecule has 2 aromatic rings. The minimum absolute atomic E-state index is 0.0877. The molecule has 5 nitrogen and oxygen atoms in total. The molecule has 24 heavy (non-hydrogen) atoms. The second-order valence-corrected chi connectivity index (χ2v) is 6.31. The van der Waals surface area contributed by atoms with Gasteiger partial charge in [-0.3, -0.25) is 9.59 Å². The van der Waals surface area contributed by atoms with Gasteiger partial charge in [-0.05, 0) is 31.5 Å². The van der Waals surface area contributed by atoms with Gasteiger partial charge < -0.3 is 15.5 Å². The Balaban J connectivity index is 1.99. The summed E-state index contributed by atoms with van der Waals surface area (Å²) in [7, 11) is 0. The first-order valence-electron chi connectivity index (χ1n) is 8.21. The minimum Gasteiger partial charge on any atom is -0.350 e. The van der Waals surface area contributed by atoms with Crippen LogP contribution in [0.5, 0.6) is 0 Å². The molecule has 2 heterocycles. The van der Waals surface area contributed by atoms with E-state index >= 15 is 0 Å². The lowest BCUT2D eigenvalue weighted by Crippen LogP contribution is -2.63. The van der Waals surface area contributed by atoms with Gasteiger partial charge in [0.15, 0.2) is 0 Å². The van der Waals surface area contributed by atoms with E-state index in [1.165, 1.54) is 0 Å². The van der Waals surface area contributed by atoms with E-state index in [0.29, 0.717) is 11.3 Å². The largest absolute Gasteiger partial charge is 0.350 e. The molecule has 4 rings (SSSR count). The predicted octanol–water partition coefficient (Wildman–Crippen LogP) is 3.16. The van der Waals surface area contributed by atoms with E-state index in [2.05, 4.69) is 10.6 Å². The number of rotatable bonds is 2. The fourth-order valence-electron chi connectivity index (χ4n) is 3.64. The molecule has 5 heteroatoms. The van der Waals surface area contributed by atoms with Crippen molar-refractivity contribution in [3.8, 4) is 0 Å². The second kappa shape index (κ2) is 5.09. The third-order valence-electron chi connectivity index (χ3n) is 4.98. The highest BCUT2D eigenvalue weighted by Crippen LogP contribution is 2.46. The maximum atomic E-state index is 13.2. The zero-order valence-corrected chi connectivity index (χ0v) is 13.7. The Morgan fingerprint density at radius 2 is 1.71 bits per heavy atom. The van der Waals surface area contributed by atoms with Crippen LogP contribution >= 0.6 is 0 Å². The highest BCUT2D eigenvalue weighted by molar-refractivity contribution is 6.14. The highest BCUT2D eigenvalue weighted by Gasteiger charge is 2.57. The Labute approximate surface area is 140 Å². The lowest BCUT2D eigenvalue weighted by Gasteiger charge is -2.47. The molecule has 2 unspecified atom stereocenters. The number of nitrogens with one attached hydrogen (secondary N) is 2. The Bertz CT molecular complexity index is 848. The molecule has 2 atom stereocenters. The van der Waals surface area contributed by atoms with Gasteiger partial charge in [-0.2, -0.15) is 0 Å². The van der Waals surface area contributed by atoms with Crippen molar-refractivity contribution in [1.29, 1.82) is 0 Å². The quantitative estimate of drug-likeness (QED) is 0.893. The number of benzene rings is 2. The van der Waals surface area contributed by atoms with Crippen molar-refractivity contribution < 1.29 is 9.59 Å². The topological polar surface area (TPSA) is 61.4 Å². The highest BCUT2D eigenvalue weighted by atomic mass is 16.2. The SMILES string of the molecule is CCC(C)N1C(=O)c2ccccc2NC12C(=O)Nc1ccccc12. The first kappa shape index (κ1) is 14.8. The summed E-state index contributed by atoms with van der Waals surface area (Å²) in [6.07, 6.45) is 0.757. The Hall–Kier alpha value is -2.82. The Morgan fingerprint density at radius 3 is 2.46 bits per heavy atom. The van der Waals surface area contributed by atoms with Crippen LogP contribution in [0.1, 0.15) is 36.2 Å². The van der Waals surface area contributed by atoms with E-state index in [0.717, 1.165) is 17.7 Å². The number of para-hydroxylation sites is 2. The van der Waals surface area contributed by atoms with Crippen LogP contribution in [0.15, 0.2) is 48.5 Å². The van der Waals surface area contributed by atoms with Crippen molar-refractivity contribution in [3.63, 3.8) is 0 Å². The van der Waals surface area contributed by atoms with Gasteiger partial charge in [0.05, 0.1) is 5.56 Å². The zero-order chi connectivity index (χ0) is 16.9. The summed E-state index contributed by atoms with van der Waals surface area (Å²) in [6, 6.07) is 14.8. The van der Waals surface area contributed by atoms with Crippen molar-refractivity contribution in [1.82, 2.24) is 4.90 Å². The predicted molar refractivity (Wildman–Crippen MR) is 92.7 cm³/mol. The van der Waals surface area contributed by atoms with Crippen molar-refractivity contribution in [3.05, 3.63) is 59.7 Å². The Kier molecular flexibility index (Phi) is 3.13. The van der Waals surface area contributed by atoms with Crippen molar-refractivity contribution in [2.45, 2.75) is 32.0 Å². The van der Waals surface area contributed by atoms with Gasteiger partial charge in [-0.25, -0.2) is 0 Å². The van der Waals surface area contributed by atoms with Crippen LogP contribution in [-0.4, -0.2) is 22.8 Å². The summed E-state index contributed by atoms with van der Waals surface area (Å²) in [5.41, 5.74) is 1.63. The zero-order valence-electron chi connectivity index (χ0n) is 13.7. The fraction of sp³-hybridized carbons (Fsp3) is 0.263. The van der Waals surface area contributed by atoms with Crippen LogP contribution in [0.4, 0.5) is 11.4 Å². The molecule has 2 amide bonds. The number of carbonyl (C=O) groups excluding carboxylic acids is 2. The van der Waals surface area contributed by atoms with Gasteiger partial charge in [0.1, 0.15) is 0 Å². The van der Waals surface area contributed by atoms with E-state index in [-0.39, 0.29) is 17.9 Å². The summed E-state index contributed by atoms with van der Waals surface area (Å²) in [5.74, 6) is -0.336. The van der Waals surface area contributed by atoms with Gasteiger partial charge in [0.2, 0.25) is 5.66 Å². The molecular weight excluding hydrogens is 302 g/mol. The number of fused-ring (bicyclic) bond motifs is 3. The molecule has 0 aliphatic carbocycles. The normalized spacial score (nSPS) is 22.7. The first-order chi connectivity index (χ1) is 11.6. The van der Waals surface area contributed by atoms with E-state index in [9.17, 15) is 9.59 Å². The molecule has 0 bridgehead atoms. The van der Waals surface area contributed by atoms with Gasteiger partial charge in [0, 0.05) is 23.0 Å². The molecule has 0 aromatic heterocycles. The second-order valence-electron chi connectivity index (χ2n) is 6.31. The molecular formula is C19H19N3O2. The van der Waals surface area contributed by atoms with E-state index in [1.807, 2.05) is 56.3 Å². The summed E-state index contributed by atoms with van der Waals surface area (Å²) in [4.78, 5) is 28.0. The van der Waals surface area contributed by atoms with E-state index < -0.39 is 5.66 Å². The Morgan fingerprint density at radius 1 is 1.04 bits per heavy atom. The first-order valence-corrected chi connectivity index (χ1v) is 8.21. The molecule has 0 radical (unpaired) electrons. The van der Waals surface area contributed by atoms with Crippen molar-refractivity contribution >= 4 is 23.2 Å². The van der Waals surface area contributed by atoms with Crippen LogP contribution in [-0.2, 0) is 10.5 Å². The third-order valence-corrected chi connectivity index (χ3v) is 4.98. The molecule has 2 aliphatic heterocycles. The summed E-state index contributed by atoms with van der Waals surface area (Å²) < 4.78 is 0. The molecule has 0 saturated heterocycles. The van der Waals surface area contributed by atoms with Gasteiger partial charge in [0.25, 0.3) is 11.8 Å². The number of amides is 2. The molecule has 0 fully saturated rings. The lowest BCUT2D eigenvalue weighted by molar-refractivity contribution is -0.126. The molecule has 122 valence electrons. The van der Waals surface area contributed by atoms with Gasteiger partial charge in [-0.1, -0.05) is 37.3 Å². The van der Waals surface area contributed by atoms with Crippen LogP contribution in [0.3, 0.4) is 0 Å². The van der Waals surface area contributed by atoms with Crippen LogP contribution < -0.4 is 10.6 Å². The third kappa shape index (κ3) is 1.75. The molecule has 2 N–H and O–H groups in total. The monoisotopic (exact) mass is 321 g/mol. The molecule has 2 aromatic carbocycles. The van der Waals surface area contributed by atoms with Crippen molar-refractivity contribution in [2.24, 2.45) is 0 Å². The maximum absolute atomic E-state index is 13.2. The van der Waals surface area contributed by atoms with E-state index in [4.69, 9.17) is 0 Å². The standard InChI is InChI=1S/C19H19N3O2/c1-3-12(2)22-17(23)13-8-4-6-10-15(13)21-19(22)14-9-5-7-11-16(14)20-18(19)24/h4-12,21H,3H2,1-2H3,(H,20,24). The van der Waals surface area contributed by atoms with Crippen molar-refractivity contribution in [2.75, 3.05) is 10.6 Å². The fourth-order valence-corrected chi connectivity index (χ4v) is 3.64. The van der Waals surface area contributed by atoms with Crippen LogP contribution in [0, 0.1) is 0 Å². The average Bonchev–Trinajstić information content (AvgIpc) is 2.87. The number of hydrogen-bond donors (Lipinski definition) is 2. The van der Waals surface area contributed by atoms with Crippen LogP contribution in [0.25, 0.3) is 0 Å². The van der Waals surface area contributed by atoms with Gasteiger partial charge >= 0.3 is 0 Å². The number of carbonyl (C=O) groups is 2. The minimum atomic E-state index is -1.20. The molecule has 1 spiro atoms. The number of hydrogen-bond acceptors (Lipinski definition) is 3. The van der Waals surface area contributed by atoms with E-state index in [1.54, 1.807) is 11.0 Å². The summed E-state index contributed by atoms with van der Waals surface area (Å²) >= 11 is 0. The lowest BCUT2D eigenvalue weighted by atomic mass is 9.91. The summed E-state index contributed by atoms with van der Waals surface area (Å²) in [5, 5.41) is 6.29. The molecule has 2 aliphatic rings. The van der Waals surface area contributed by atoms with Gasteiger partial charge in [-0.15, -0.1) is 0 Å².